The highest BCUT2D eigenvalue weighted by Gasteiger charge is 2.52. The lowest BCUT2D eigenvalue weighted by molar-refractivity contribution is -0.120. The third kappa shape index (κ3) is 1.27. The lowest BCUT2D eigenvalue weighted by Crippen LogP contribution is -2.30. The van der Waals surface area contributed by atoms with Crippen LogP contribution < -0.4 is 5.73 Å². The molecule has 0 bridgehead atoms. The Bertz CT molecular complexity index is 376. The topological polar surface area (TPSA) is 68.9 Å². The molecule has 0 atom stereocenters. The summed E-state index contributed by atoms with van der Waals surface area (Å²) in [6.45, 7) is 3.80. The summed E-state index contributed by atoms with van der Waals surface area (Å²) in [5, 5.41) is 0. The van der Waals surface area contributed by atoms with Crippen molar-refractivity contribution in [2.45, 2.75) is 32.1 Å². The van der Waals surface area contributed by atoms with Gasteiger partial charge in [-0.3, -0.25) is 4.79 Å². The monoisotopic (exact) mass is 191 g/mol. The lowest BCUT2D eigenvalue weighted by atomic mass is 10.1. The third-order valence-electron chi connectivity index (χ3n) is 2.63. The number of amides is 1. The molecular weight excluding hydrogens is 178 g/mol. The van der Waals surface area contributed by atoms with Crippen molar-refractivity contribution in [3.05, 3.63) is 23.3 Å². The quantitative estimate of drug-likeness (QED) is 0.744. The Labute approximate surface area is 82.6 Å². The van der Waals surface area contributed by atoms with Crippen molar-refractivity contribution in [1.29, 1.82) is 0 Å². The van der Waals surface area contributed by atoms with Gasteiger partial charge in [-0.1, -0.05) is 0 Å². The van der Waals surface area contributed by atoms with Crippen molar-refractivity contribution >= 4 is 5.91 Å². The van der Waals surface area contributed by atoms with Gasteiger partial charge in [0.2, 0.25) is 5.91 Å². The Morgan fingerprint density at radius 3 is 2.21 bits per heavy atom. The van der Waals surface area contributed by atoms with Crippen LogP contribution in [0.1, 0.15) is 30.1 Å². The number of hydrogen-bond donors (Lipinski definition) is 1. The number of aromatic nitrogens is 2. The van der Waals surface area contributed by atoms with Crippen molar-refractivity contribution in [3.8, 4) is 0 Å². The fourth-order valence-electron chi connectivity index (χ4n) is 1.65. The number of nitrogens with two attached hydrogens (primary N) is 1. The summed E-state index contributed by atoms with van der Waals surface area (Å²) >= 11 is 0. The van der Waals surface area contributed by atoms with Crippen LogP contribution in [-0.2, 0) is 10.2 Å². The standard InChI is InChI=1S/C10H13N3O/c1-6-5-7(2)13-9(12-6)10(3-4-10)8(11)14/h5H,3-4H2,1-2H3,(H2,11,14). The van der Waals surface area contributed by atoms with E-state index in [1.807, 2.05) is 19.9 Å². The van der Waals surface area contributed by atoms with Gasteiger partial charge in [0.15, 0.2) is 0 Å². The molecule has 0 aliphatic heterocycles. The van der Waals surface area contributed by atoms with Crippen LogP contribution in [0.5, 0.6) is 0 Å². The van der Waals surface area contributed by atoms with Crippen LogP contribution >= 0.6 is 0 Å². The summed E-state index contributed by atoms with van der Waals surface area (Å²) in [5.74, 6) is 0.296. The average molecular weight is 191 g/mol. The molecule has 1 aromatic heterocycles. The molecule has 1 aliphatic carbocycles. The summed E-state index contributed by atoms with van der Waals surface area (Å²) < 4.78 is 0. The highest BCUT2D eigenvalue weighted by atomic mass is 16.1. The molecule has 74 valence electrons. The van der Waals surface area contributed by atoms with E-state index in [1.165, 1.54) is 0 Å². The maximum atomic E-state index is 11.2. The average Bonchev–Trinajstić information content (AvgIpc) is 2.81. The number of carbonyl (C=O) groups excluding carboxylic acids is 1. The zero-order chi connectivity index (χ0) is 10.3. The molecule has 14 heavy (non-hydrogen) atoms. The van der Waals surface area contributed by atoms with Gasteiger partial charge in [0.1, 0.15) is 11.2 Å². The number of aryl methyl sites for hydroxylation is 2. The van der Waals surface area contributed by atoms with E-state index in [9.17, 15) is 4.79 Å². The van der Waals surface area contributed by atoms with Crippen LogP contribution in [0.2, 0.25) is 0 Å². The van der Waals surface area contributed by atoms with E-state index >= 15 is 0 Å². The SMILES string of the molecule is Cc1cc(C)nc(C2(C(N)=O)CC2)n1. The lowest BCUT2D eigenvalue weighted by Gasteiger charge is -2.10. The second-order valence-electron chi connectivity index (χ2n) is 3.92. The Morgan fingerprint density at radius 2 is 1.86 bits per heavy atom. The van der Waals surface area contributed by atoms with Gasteiger partial charge < -0.3 is 5.73 Å². The molecule has 1 saturated carbocycles. The fraction of sp³-hybridized carbons (Fsp3) is 0.500. The number of hydrogen-bond acceptors (Lipinski definition) is 3. The molecule has 0 saturated heterocycles. The highest BCUT2D eigenvalue weighted by molar-refractivity contribution is 5.88. The van der Waals surface area contributed by atoms with Crippen molar-refractivity contribution in [3.63, 3.8) is 0 Å². The second-order valence-corrected chi connectivity index (χ2v) is 3.92. The van der Waals surface area contributed by atoms with Crippen LogP contribution in [0, 0.1) is 13.8 Å². The number of carbonyl (C=O) groups is 1. The first-order valence-corrected chi connectivity index (χ1v) is 4.67. The fourth-order valence-corrected chi connectivity index (χ4v) is 1.65. The summed E-state index contributed by atoms with van der Waals surface area (Å²) in [7, 11) is 0. The van der Waals surface area contributed by atoms with Crippen LogP contribution in [0.3, 0.4) is 0 Å². The first-order chi connectivity index (χ1) is 6.54. The molecule has 0 unspecified atom stereocenters. The summed E-state index contributed by atoms with van der Waals surface area (Å²) in [5.41, 5.74) is 6.57. The van der Waals surface area contributed by atoms with Gasteiger partial charge in [-0.15, -0.1) is 0 Å². The van der Waals surface area contributed by atoms with Gasteiger partial charge in [0.25, 0.3) is 0 Å². The molecule has 1 fully saturated rings. The molecule has 1 amide bonds. The summed E-state index contributed by atoms with van der Waals surface area (Å²) in [4.78, 5) is 19.8. The van der Waals surface area contributed by atoms with Gasteiger partial charge in [0.05, 0.1) is 0 Å². The minimum absolute atomic E-state index is 0.303. The normalized spacial score (nSPS) is 17.9. The van der Waals surface area contributed by atoms with Gasteiger partial charge in [-0.25, -0.2) is 9.97 Å². The molecular formula is C10H13N3O. The van der Waals surface area contributed by atoms with Gasteiger partial charge in [-0.05, 0) is 32.8 Å². The first kappa shape index (κ1) is 9.12. The van der Waals surface area contributed by atoms with E-state index in [0.29, 0.717) is 5.82 Å². The molecule has 1 aliphatic rings. The Kier molecular flexibility index (Phi) is 1.80. The second kappa shape index (κ2) is 2.77. The van der Waals surface area contributed by atoms with Crippen molar-refractivity contribution in [2.24, 2.45) is 5.73 Å². The molecule has 1 aromatic rings. The van der Waals surface area contributed by atoms with Crippen LogP contribution in [0.15, 0.2) is 6.07 Å². The first-order valence-electron chi connectivity index (χ1n) is 4.67. The highest BCUT2D eigenvalue weighted by Crippen LogP contribution is 2.46. The number of nitrogens with zero attached hydrogens (tertiary/aromatic N) is 2. The molecule has 0 aromatic carbocycles. The molecule has 2 rings (SSSR count). The Hall–Kier alpha value is -1.45. The van der Waals surface area contributed by atoms with Crippen LogP contribution in [0.25, 0.3) is 0 Å². The summed E-state index contributed by atoms with van der Waals surface area (Å²) in [6.07, 6.45) is 1.57. The van der Waals surface area contributed by atoms with Gasteiger partial charge in [-0.2, -0.15) is 0 Å². The number of primary amides is 1. The maximum Gasteiger partial charge on any atom is 0.231 e. The van der Waals surface area contributed by atoms with E-state index in [-0.39, 0.29) is 5.91 Å². The van der Waals surface area contributed by atoms with E-state index < -0.39 is 5.41 Å². The molecule has 0 radical (unpaired) electrons. The van der Waals surface area contributed by atoms with E-state index in [4.69, 9.17) is 5.73 Å². The van der Waals surface area contributed by atoms with E-state index in [1.54, 1.807) is 0 Å². The third-order valence-corrected chi connectivity index (χ3v) is 2.63. The van der Waals surface area contributed by atoms with E-state index in [2.05, 4.69) is 9.97 Å². The molecule has 2 N–H and O–H groups in total. The minimum Gasteiger partial charge on any atom is -0.369 e. The minimum atomic E-state index is -0.559. The molecule has 4 heteroatoms. The van der Waals surface area contributed by atoms with Crippen LogP contribution in [-0.4, -0.2) is 15.9 Å². The Morgan fingerprint density at radius 1 is 1.36 bits per heavy atom. The predicted molar refractivity (Wildman–Crippen MR) is 51.6 cm³/mol. The molecule has 1 heterocycles. The summed E-state index contributed by atoms with van der Waals surface area (Å²) in [6, 6.07) is 1.89. The number of rotatable bonds is 2. The van der Waals surface area contributed by atoms with Gasteiger partial charge in [0, 0.05) is 11.4 Å². The van der Waals surface area contributed by atoms with Crippen molar-refractivity contribution in [1.82, 2.24) is 9.97 Å². The van der Waals surface area contributed by atoms with E-state index in [0.717, 1.165) is 24.2 Å². The van der Waals surface area contributed by atoms with Crippen molar-refractivity contribution in [2.75, 3.05) is 0 Å². The zero-order valence-electron chi connectivity index (χ0n) is 8.37. The predicted octanol–water partition coefficient (Wildman–Crippen LogP) is 0.610. The van der Waals surface area contributed by atoms with Crippen LogP contribution in [0.4, 0.5) is 0 Å². The maximum absolute atomic E-state index is 11.2. The van der Waals surface area contributed by atoms with Gasteiger partial charge >= 0.3 is 0 Å². The van der Waals surface area contributed by atoms with Crippen molar-refractivity contribution < 1.29 is 4.79 Å². The Balaban J connectivity index is 2.47. The molecule has 4 nitrogen and oxygen atoms in total. The largest absolute Gasteiger partial charge is 0.369 e. The zero-order valence-corrected chi connectivity index (χ0v) is 8.37. The molecule has 0 spiro atoms. The smallest absolute Gasteiger partial charge is 0.231 e.